The van der Waals surface area contributed by atoms with Crippen LogP contribution in [0.5, 0.6) is 0 Å². The zero-order valence-electron chi connectivity index (χ0n) is 17.8. The lowest BCUT2D eigenvalue weighted by Gasteiger charge is -2.30. The third-order valence-corrected chi connectivity index (χ3v) is 5.77. The van der Waals surface area contributed by atoms with Crippen LogP contribution in [0.25, 0.3) is 0 Å². The molecule has 168 valence electrons. The number of piperidine rings is 1. The van der Waals surface area contributed by atoms with Gasteiger partial charge in [-0.25, -0.2) is 0 Å². The molecule has 2 aromatic rings. The number of nitrogens with one attached hydrogen (secondary N) is 1. The van der Waals surface area contributed by atoms with Gasteiger partial charge in [-0.1, -0.05) is 12.1 Å². The highest BCUT2D eigenvalue weighted by atomic mass is 16.6. The van der Waals surface area contributed by atoms with E-state index in [-0.39, 0.29) is 17.2 Å². The van der Waals surface area contributed by atoms with Crippen LogP contribution in [0.1, 0.15) is 35.2 Å². The number of benzene rings is 2. The second-order valence-electron chi connectivity index (χ2n) is 7.98. The molecule has 0 atom stereocenters. The Labute approximate surface area is 186 Å². The second kappa shape index (κ2) is 9.78. The molecule has 0 unspecified atom stereocenters. The maximum atomic E-state index is 13.1. The Morgan fingerprint density at radius 2 is 1.91 bits per heavy atom. The van der Waals surface area contributed by atoms with Gasteiger partial charge in [0.05, 0.1) is 29.4 Å². The van der Waals surface area contributed by atoms with E-state index in [2.05, 4.69) is 5.32 Å². The topological polar surface area (TPSA) is 105 Å². The second-order valence-corrected chi connectivity index (χ2v) is 7.98. The van der Waals surface area contributed by atoms with Gasteiger partial charge in [-0.2, -0.15) is 0 Å². The van der Waals surface area contributed by atoms with Crippen LogP contribution in [0.15, 0.2) is 42.5 Å². The molecule has 0 aromatic heterocycles. The summed E-state index contributed by atoms with van der Waals surface area (Å²) in [6.45, 7) is 3.53. The number of likely N-dealkylation sites (tertiary alicyclic amines) is 1. The van der Waals surface area contributed by atoms with Crippen molar-refractivity contribution in [2.45, 2.75) is 25.8 Å². The molecule has 0 spiro atoms. The normalized spacial score (nSPS) is 16.7. The van der Waals surface area contributed by atoms with E-state index in [0.717, 1.165) is 24.9 Å². The van der Waals surface area contributed by atoms with Crippen LogP contribution in [0.2, 0.25) is 0 Å². The Balaban J connectivity index is 1.54. The van der Waals surface area contributed by atoms with Crippen LogP contribution in [0, 0.1) is 10.1 Å². The number of nitrogens with zero attached hydrogens (tertiary/aromatic N) is 3. The highest BCUT2D eigenvalue weighted by molar-refractivity contribution is 6.08. The van der Waals surface area contributed by atoms with Crippen molar-refractivity contribution in [1.29, 1.82) is 0 Å². The number of hydrogen-bond acceptors (Lipinski definition) is 6. The zero-order valence-corrected chi connectivity index (χ0v) is 17.8. The molecule has 0 radical (unpaired) electrons. The van der Waals surface area contributed by atoms with Gasteiger partial charge in [-0.15, -0.1) is 0 Å². The lowest BCUT2D eigenvalue weighted by atomic mass is 10.1. The minimum absolute atomic E-state index is 0.135. The van der Waals surface area contributed by atoms with E-state index in [1.165, 1.54) is 12.1 Å². The zero-order chi connectivity index (χ0) is 22.5. The molecule has 0 aliphatic carbocycles. The minimum Gasteiger partial charge on any atom is -0.378 e. The molecule has 2 amide bonds. The van der Waals surface area contributed by atoms with Crippen LogP contribution in [-0.2, 0) is 16.1 Å². The Bertz CT molecular complexity index is 1020. The van der Waals surface area contributed by atoms with E-state index in [1.807, 2.05) is 28.0 Å². The number of anilines is 2. The number of nitro benzene ring substituents is 1. The summed E-state index contributed by atoms with van der Waals surface area (Å²) < 4.78 is 5.38. The third kappa shape index (κ3) is 5.05. The predicted octanol–water partition coefficient (Wildman–Crippen LogP) is 3.20. The maximum absolute atomic E-state index is 13.1. The van der Waals surface area contributed by atoms with Crippen molar-refractivity contribution in [3.63, 3.8) is 0 Å². The van der Waals surface area contributed by atoms with E-state index >= 15 is 0 Å². The van der Waals surface area contributed by atoms with Crippen molar-refractivity contribution >= 4 is 28.9 Å². The smallest absolute Gasteiger partial charge is 0.270 e. The van der Waals surface area contributed by atoms with E-state index in [0.29, 0.717) is 50.6 Å². The molecule has 2 saturated heterocycles. The lowest BCUT2D eigenvalue weighted by molar-refractivity contribution is -0.384. The minimum atomic E-state index is -0.504. The van der Waals surface area contributed by atoms with E-state index in [9.17, 15) is 19.7 Å². The number of non-ortho nitro benzene ring substituents is 1. The van der Waals surface area contributed by atoms with E-state index < -0.39 is 10.8 Å². The highest BCUT2D eigenvalue weighted by Gasteiger charge is 2.23. The largest absolute Gasteiger partial charge is 0.378 e. The number of carbonyl (C=O) groups excluding carboxylic acids is 2. The first-order valence-electron chi connectivity index (χ1n) is 10.8. The van der Waals surface area contributed by atoms with E-state index in [4.69, 9.17) is 4.74 Å². The van der Waals surface area contributed by atoms with Gasteiger partial charge in [0, 0.05) is 50.4 Å². The number of amides is 2. The molecule has 2 aliphatic rings. The lowest BCUT2D eigenvalue weighted by Crippen LogP contribution is -2.37. The Hall–Kier alpha value is -3.46. The number of morpholine rings is 1. The fraction of sp³-hybridized carbons (Fsp3) is 0.391. The molecule has 9 heteroatoms. The SMILES string of the molecule is O=C(Nc1cccc(CN2CCCCC2=O)c1)c1cc([N+](=O)[O-])ccc1N1CCOCC1. The summed E-state index contributed by atoms with van der Waals surface area (Å²) in [5.41, 5.74) is 2.26. The summed E-state index contributed by atoms with van der Waals surface area (Å²) in [6.07, 6.45) is 2.51. The molecular weight excluding hydrogens is 412 g/mol. The molecule has 2 aromatic carbocycles. The summed E-state index contributed by atoms with van der Waals surface area (Å²) in [6, 6.07) is 11.7. The monoisotopic (exact) mass is 438 g/mol. The Kier molecular flexibility index (Phi) is 6.65. The standard InChI is InChI=1S/C23H26N4O5/c28-22-6-1-2-9-26(22)16-17-4-3-5-18(14-17)24-23(29)20-15-19(27(30)31)7-8-21(20)25-10-12-32-13-11-25/h3-5,7-8,14-15H,1-2,6,9-13,16H2,(H,24,29). The van der Waals surface area contributed by atoms with Crippen molar-refractivity contribution in [2.75, 3.05) is 43.1 Å². The van der Waals surface area contributed by atoms with Gasteiger partial charge in [0.15, 0.2) is 0 Å². The number of ether oxygens (including phenoxy) is 1. The summed E-state index contributed by atoms with van der Waals surface area (Å²) >= 11 is 0. The van der Waals surface area contributed by atoms with Crippen molar-refractivity contribution < 1.29 is 19.2 Å². The van der Waals surface area contributed by atoms with Crippen molar-refractivity contribution in [3.8, 4) is 0 Å². The van der Waals surface area contributed by atoms with Gasteiger partial charge in [-0.3, -0.25) is 19.7 Å². The first-order chi connectivity index (χ1) is 15.5. The third-order valence-electron chi connectivity index (χ3n) is 5.77. The van der Waals surface area contributed by atoms with Crippen molar-refractivity contribution in [3.05, 3.63) is 63.7 Å². The van der Waals surface area contributed by atoms with Crippen molar-refractivity contribution in [1.82, 2.24) is 4.90 Å². The molecule has 2 aliphatic heterocycles. The maximum Gasteiger partial charge on any atom is 0.270 e. The number of rotatable bonds is 6. The summed E-state index contributed by atoms with van der Waals surface area (Å²) in [5.74, 6) is -0.265. The molecule has 0 saturated carbocycles. The van der Waals surface area contributed by atoms with Gasteiger partial charge in [0.1, 0.15) is 0 Å². The number of nitro groups is 1. The summed E-state index contributed by atoms with van der Waals surface area (Å²) in [7, 11) is 0. The average molecular weight is 438 g/mol. The summed E-state index contributed by atoms with van der Waals surface area (Å²) in [5, 5.41) is 14.2. The molecular formula is C23H26N4O5. The van der Waals surface area contributed by atoms with Crippen LogP contribution in [0.4, 0.5) is 17.1 Å². The molecule has 32 heavy (non-hydrogen) atoms. The first kappa shape index (κ1) is 21.8. The van der Waals surface area contributed by atoms with Gasteiger partial charge in [-0.05, 0) is 36.6 Å². The summed E-state index contributed by atoms with van der Waals surface area (Å²) in [4.78, 5) is 39.9. The predicted molar refractivity (Wildman–Crippen MR) is 120 cm³/mol. The fourth-order valence-electron chi connectivity index (χ4n) is 4.09. The molecule has 2 heterocycles. The fourth-order valence-corrected chi connectivity index (χ4v) is 4.09. The van der Waals surface area contributed by atoms with Crippen LogP contribution < -0.4 is 10.2 Å². The number of carbonyl (C=O) groups is 2. The van der Waals surface area contributed by atoms with Crippen molar-refractivity contribution in [2.24, 2.45) is 0 Å². The Morgan fingerprint density at radius 3 is 2.66 bits per heavy atom. The average Bonchev–Trinajstić information content (AvgIpc) is 2.81. The molecule has 2 fully saturated rings. The molecule has 4 rings (SSSR count). The molecule has 0 bridgehead atoms. The van der Waals surface area contributed by atoms with Crippen LogP contribution in [-0.4, -0.2) is 54.5 Å². The quantitative estimate of drug-likeness (QED) is 0.549. The highest BCUT2D eigenvalue weighted by Crippen LogP contribution is 2.27. The van der Waals surface area contributed by atoms with Gasteiger partial charge >= 0.3 is 0 Å². The van der Waals surface area contributed by atoms with Gasteiger partial charge < -0.3 is 19.9 Å². The first-order valence-corrected chi connectivity index (χ1v) is 10.8. The molecule has 9 nitrogen and oxygen atoms in total. The van der Waals surface area contributed by atoms with Crippen LogP contribution >= 0.6 is 0 Å². The number of hydrogen-bond donors (Lipinski definition) is 1. The Morgan fingerprint density at radius 1 is 1.09 bits per heavy atom. The van der Waals surface area contributed by atoms with E-state index in [1.54, 1.807) is 12.1 Å². The van der Waals surface area contributed by atoms with Gasteiger partial charge in [0.25, 0.3) is 11.6 Å². The molecule has 1 N–H and O–H groups in total. The van der Waals surface area contributed by atoms with Crippen LogP contribution in [0.3, 0.4) is 0 Å². The van der Waals surface area contributed by atoms with Gasteiger partial charge in [0.2, 0.25) is 5.91 Å².